The van der Waals surface area contributed by atoms with Crippen LogP contribution < -0.4 is 4.74 Å². The lowest BCUT2D eigenvalue weighted by molar-refractivity contribution is 0.0666. The molecular formula is C19H25N3O3. The van der Waals surface area contributed by atoms with Crippen molar-refractivity contribution < 1.29 is 14.6 Å². The Morgan fingerprint density at radius 3 is 2.80 bits per heavy atom. The average Bonchev–Trinajstić information content (AvgIpc) is 3.27. The van der Waals surface area contributed by atoms with Gasteiger partial charge in [0.25, 0.3) is 5.91 Å². The van der Waals surface area contributed by atoms with Crippen molar-refractivity contribution in [3.63, 3.8) is 0 Å². The van der Waals surface area contributed by atoms with Crippen LogP contribution >= 0.6 is 0 Å². The molecule has 1 atom stereocenters. The van der Waals surface area contributed by atoms with Gasteiger partial charge in [0.1, 0.15) is 0 Å². The highest BCUT2D eigenvalue weighted by Crippen LogP contribution is 2.26. The molecule has 1 aromatic heterocycles. The Kier molecular flexibility index (Phi) is 5.38. The minimum Gasteiger partial charge on any atom is -0.489 e. The summed E-state index contributed by atoms with van der Waals surface area (Å²) in [6.07, 6.45) is 3.48. The second kappa shape index (κ2) is 7.70. The molecule has 134 valence electrons. The summed E-state index contributed by atoms with van der Waals surface area (Å²) in [5.74, 6) is 0.663. The monoisotopic (exact) mass is 343 g/mol. The summed E-state index contributed by atoms with van der Waals surface area (Å²) in [5.41, 5.74) is 1.18. The number of carbonyl (C=O) groups excluding carboxylic acids is 1. The van der Waals surface area contributed by atoms with Crippen LogP contribution in [0.3, 0.4) is 0 Å². The van der Waals surface area contributed by atoms with E-state index < -0.39 is 0 Å². The van der Waals surface area contributed by atoms with Gasteiger partial charge in [-0.25, -0.2) is 4.68 Å². The minimum atomic E-state index is -0.176. The van der Waals surface area contributed by atoms with Crippen LogP contribution in [-0.4, -0.2) is 51.5 Å². The highest BCUT2D eigenvalue weighted by molar-refractivity contribution is 5.95. The summed E-state index contributed by atoms with van der Waals surface area (Å²) in [7, 11) is 0. The molecule has 0 radical (unpaired) electrons. The molecule has 1 aliphatic heterocycles. The largest absolute Gasteiger partial charge is 0.489 e. The fourth-order valence-corrected chi connectivity index (χ4v) is 3.01. The number of aromatic nitrogens is 2. The maximum Gasteiger partial charge on any atom is 0.278 e. The molecule has 0 spiro atoms. The average molecular weight is 343 g/mol. The number of hydrogen-bond acceptors (Lipinski definition) is 4. The summed E-state index contributed by atoms with van der Waals surface area (Å²) in [5, 5.41) is 14.0. The smallest absolute Gasteiger partial charge is 0.278 e. The molecule has 6 nitrogen and oxygen atoms in total. The van der Waals surface area contributed by atoms with Crippen LogP contribution in [0.15, 0.2) is 36.5 Å². The van der Waals surface area contributed by atoms with Crippen molar-refractivity contribution in [1.82, 2.24) is 14.7 Å². The first kappa shape index (κ1) is 17.5. The number of carbonyl (C=O) groups is 1. The number of nitrogens with zero attached hydrogens (tertiary/aromatic N) is 3. The van der Waals surface area contributed by atoms with Crippen LogP contribution in [0, 0.1) is 5.92 Å². The Hall–Kier alpha value is -2.34. The van der Waals surface area contributed by atoms with Crippen LogP contribution in [0.25, 0.3) is 5.69 Å². The third-order valence-electron chi connectivity index (χ3n) is 4.32. The lowest BCUT2D eigenvalue weighted by Crippen LogP contribution is -2.38. The first-order valence-corrected chi connectivity index (χ1v) is 8.80. The van der Waals surface area contributed by atoms with Crippen molar-refractivity contribution in [2.45, 2.75) is 32.7 Å². The molecule has 25 heavy (non-hydrogen) atoms. The van der Waals surface area contributed by atoms with Gasteiger partial charge in [-0.3, -0.25) is 4.79 Å². The van der Waals surface area contributed by atoms with Gasteiger partial charge in [0.2, 0.25) is 0 Å². The molecule has 0 unspecified atom stereocenters. The van der Waals surface area contributed by atoms with Gasteiger partial charge in [-0.2, -0.15) is 5.10 Å². The van der Waals surface area contributed by atoms with Gasteiger partial charge in [-0.05, 0) is 30.9 Å². The van der Waals surface area contributed by atoms with E-state index in [9.17, 15) is 9.90 Å². The van der Waals surface area contributed by atoms with E-state index in [0.717, 1.165) is 18.5 Å². The molecule has 6 heteroatoms. The lowest BCUT2D eigenvalue weighted by atomic mass is 10.2. The number of aliphatic hydroxyl groups is 1. The van der Waals surface area contributed by atoms with Crippen molar-refractivity contribution in [2.24, 2.45) is 5.92 Å². The van der Waals surface area contributed by atoms with Gasteiger partial charge < -0.3 is 14.7 Å². The molecular weight excluding hydrogens is 318 g/mol. The summed E-state index contributed by atoms with van der Waals surface area (Å²) in [6.45, 7) is 5.26. The third kappa shape index (κ3) is 3.85. The van der Waals surface area contributed by atoms with Crippen molar-refractivity contribution >= 4 is 5.91 Å². The number of ether oxygens (including phenoxy) is 1. The Balaban J connectivity index is 1.92. The Labute approximate surface area is 148 Å². The number of likely N-dealkylation sites (tertiary alicyclic amines) is 1. The van der Waals surface area contributed by atoms with Crippen molar-refractivity contribution in [3.8, 4) is 11.4 Å². The Bertz CT molecular complexity index is 712. The molecule has 3 rings (SSSR count). The zero-order chi connectivity index (χ0) is 17.8. The second-order valence-corrected chi connectivity index (χ2v) is 6.80. The number of rotatable bonds is 6. The SMILES string of the molecule is CC(C)COc1cn(-c2ccccc2)nc1C(=O)N1CCC[C@@H]1CO. The second-order valence-electron chi connectivity index (χ2n) is 6.80. The third-order valence-corrected chi connectivity index (χ3v) is 4.32. The van der Waals surface area contributed by atoms with Gasteiger partial charge in [-0.1, -0.05) is 32.0 Å². The van der Waals surface area contributed by atoms with E-state index in [1.165, 1.54) is 0 Å². The van der Waals surface area contributed by atoms with Crippen LogP contribution in [-0.2, 0) is 0 Å². The molecule has 1 fully saturated rings. The Morgan fingerprint density at radius 1 is 1.36 bits per heavy atom. The molecule has 1 amide bonds. The number of amides is 1. The normalized spacial score (nSPS) is 17.3. The topological polar surface area (TPSA) is 67.6 Å². The molecule has 0 bridgehead atoms. The molecule has 1 aromatic carbocycles. The maximum absolute atomic E-state index is 13.0. The highest BCUT2D eigenvalue weighted by Gasteiger charge is 2.32. The number of benzene rings is 1. The summed E-state index contributed by atoms with van der Waals surface area (Å²) in [4.78, 5) is 14.7. The lowest BCUT2D eigenvalue weighted by Gasteiger charge is -2.22. The first-order chi connectivity index (χ1) is 12.1. The van der Waals surface area contributed by atoms with Gasteiger partial charge in [0, 0.05) is 6.54 Å². The van der Waals surface area contributed by atoms with Gasteiger partial charge >= 0.3 is 0 Å². The van der Waals surface area contributed by atoms with E-state index in [4.69, 9.17) is 4.74 Å². The van der Waals surface area contributed by atoms with E-state index >= 15 is 0 Å². The molecule has 1 saturated heterocycles. The predicted molar refractivity (Wildman–Crippen MR) is 95.0 cm³/mol. The highest BCUT2D eigenvalue weighted by atomic mass is 16.5. The van der Waals surface area contributed by atoms with Crippen molar-refractivity contribution in [1.29, 1.82) is 0 Å². The Morgan fingerprint density at radius 2 is 2.12 bits per heavy atom. The van der Waals surface area contributed by atoms with Crippen LogP contribution in [0.1, 0.15) is 37.2 Å². The standard InChI is InChI=1S/C19H25N3O3/c1-14(2)13-25-17-11-22(15-7-4-3-5-8-15)20-18(17)19(24)21-10-6-9-16(21)12-23/h3-5,7-8,11,14,16,23H,6,9-10,12-13H2,1-2H3/t16-/m1/s1. The molecule has 1 aliphatic rings. The molecule has 0 aliphatic carbocycles. The summed E-state index contributed by atoms with van der Waals surface area (Å²) >= 11 is 0. The van der Waals surface area contributed by atoms with E-state index in [2.05, 4.69) is 18.9 Å². The maximum atomic E-state index is 13.0. The fraction of sp³-hybridized carbons (Fsp3) is 0.474. The van der Waals surface area contributed by atoms with Crippen LogP contribution in [0.5, 0.6) is 5.75 Å². The van der Waals surface area contributed by atoms with E-state index in [1.807, 2.05) is 30.3 Å². The van der Waals surface area contributed by atoms with Crippen molar-refractivity contribution in [2.75, 3.05) is 19.8 Å². The number of para-hydroxylation sites is 1. The zero-order valence-corrected chi connectivity index (χ0v) is 14.8. The molecule has 2 aromatic rings. The van der Waals surface area contributed by atoms with E-state index in [-0.39, 0.29) is 18.6 Å². The van der Waals surface area contributed by atoms with Gasteiger partial charge in [-0.15, -0.1) is 0 Å². The minimum absolute atomic E-state index is 0.0205. The summed E-state index contributed by atoms with van der Waals surface area (Å²) in [6, 6.07) is 9.52. The van der Waals surface area contributed by atoms with Crippen LogP contribution in [0.2, 0.25) is 0 Å². The molecule has 0 saturated carbocycles. The molecule has 1 N–H and O–H groups in total. The quantitative estimate of drug-likeness (QED) is 0.875. The molecule has 2 heterocycles. The zero-order valence-electron chi connectivity index (χ0n) is 14.8. The van der Waals surface area contributed by atoms with E-state index in [0.29, 0.717) is 30.5 Å². The number of aliphatic hydroxyl groups excluding tert-OH is 1. The fourth-order valence-electron chi connectivity index (χ4n) is 3.01. The first-order valence-electron chi connectivity index (χ1n) is 8.80. The van der Waals surface area contributed by atoms with E-state index in [1.54, 1.807) is 15.8 Å². The number of hydrogen-bond donors (Lipinski definition) is 1. The predicted octanol–water partition coefficient (Wildman–Crippen LogP) is 2.50. The van der Waals surface area contributed by atoms with Crippen LogP contribution in [0.4, 0.5) is 0 Å². The summed E-state index contributed by atoms with van der Waals surface area (Å²) < 4.78 is 7.53. The van der Waals surface area contributed by atoms with Gasteiger partial charge in [0.15, 0.2) is 11.4 Å². The van der Waals surface area contributed by atoms with Crippen molar-refractivity contribution in [3.05, 3.63) is 42.2 Å². The van der Waals surface area contributed by atoms with Gasteiger partial charge in [0.05, 0.1) is 31.1 Å².